The van der Waals surface area contributed by atoms with Crippen LogP contribution in [0.15, 0.2) is 12.4 Å². The van der Waals surface area contributed by atoms with E-state index in [9.17, 15) is 0 Å². The van der Waals surface area contributed by atoms with Gasteiger partial charge in [0.2, 0.25) is 5.13 Å². The third-order valence-corrected chi connectivity index (χ3v) is 2.11. The first-order chi connectivity index (χ1) is 5.75. The Hall–Kier alpha value is -1.43. The van der Waals surface area contributed by atoms with E-state index in [0.717, 1.165) is 11.0 Å². The molecule has 0 amide bonds. The molecular formula is C6H7N5S. The maximum atomic E-state index is 5.50. The number of anilines is 1. The van der Waals surface area contributed by atoms with Crippen molar-refractivity contribution in [3.63, 3.8) is 0 Å². The molecule has 0 atom stereocenters. The van der Waals surface area contributed by atoms with Gasteiger partial charge in [0, 0.05) is 11.5 Å². The number of aromatic nitrogens is 4. The van der Waals surface area contributed by atoms with E-state index >= 15 is 0 Å². The standard InChI is InChI=1S/C6H7N5S/c1-4-9-6(12-10-4)11-3-5(7)2-8-11/h2-3H,7H2,1H3. The van der Waals surface area contributed by atoms with Crippen LogP contribution in [0.4, 0.5) is 5.69 Å². The summed E-state index contributed by atoms with van der Waals surface area (Å²) < 4.78 is 5.64. The van der Waals surface area contributed by atoms with Crippen molar-refractivity contribution in [3.8, 4) is 5.13 Å². The molecule has 12 heavy (non-hydrogen) atoms. The number of hydrogen-bond donors (Lipinski definition) is 1. The Bertz CT molecular complexity index is 352. The Kier molecular flexibility index (Phi) is 1.54. The summed E-state index contributed by atoms with van der Waals surface area (Å²) in [7, 11) is 0. The molecule has 0 fully saturated rings. The highest BCUT2D eigenvalue weighted by atomic mass is 32.1. The third kappa shape index (κ3) is 1.16. The first-order valence-corrected chi connectivity index (χ1v) is 4.14. The van der Waals surface area contributed by atoms with Crippen molar-refractivity contribution in [1.29, 1.82) is 0 Å². The third-order valence-electron chi connectivity index (χ3n) is 1.32. The summed E-state index contributed by atoms with van der Waals surface area (Å²) in [6.45, 7) is 1.84. The maximum absolute atomic E-state index is 5.50. The highest BCUT2D eigenvalue weighted by Gasteiger charge is 2.02. The number of nitrogen functional groups attached to an aromatic ring is 1. The molecule has 0 aliphatic carbocycles. The van der Waals surface area contributed by atoms with Crippen LogP contribution >= 0.6 is 11.5 Å². The molecule has 0 unspecified atom stereocenters. The topological polar surface area (TPSA) is 69.6 Å². The lowest BCUT2D eigenvalue weighted by Crippen LogP contribution is -1.92. The van der Waals surface area contributed by atoms with Crippen molar-refractivity contribution in [1.82, 2.24) is 19.1 Å². The van der Waals surface area contributed by atoms with E-state index in [2.05, 4.69) is 14.5 Å². The zero-order valence-electron chi connectivity index (χ0n) is 6.43. The van der Waals surface area contributed by atoms with E-state index in [0.29, 0.717) is 5.69 Å². The Morgan fingerprint density at radius 1 is 1.58 bits per heavy atom. The molecule has 2 rings (SSSR count). The first kappa shape index (κ1) is 7.23. The van der Waals surface area contributed by atoms with Gasteiger partial charge in [0.25, 0.3) is 0 Å². The van der Waals surface area contributed by atoms with Gasteiger partial charge >= 0.3 is 0 Å². The lowest BCUT2D eigenvalue weighted by atomic mass is 10.6. The molecule has 6 heteroatoms. The summed E-state index contributed by atoms with van der Waals surface area (Å²) in [5.41, 5.74) is 6.12. The van der Waals surface area contributed by atoms with Crippen molar-refractivity contribution >= 4 is 17.2 Å². The van der Waals surface area contributed by atoms with Gasteiger partial charge in [0.05, 0.1) is 18.1 Å². The zero-order valence-corrected chi connectivity index (χ0v) is 7.25. The molecule has 2 heterocycles. The van der Waals surface area contributed by atoms with Crippen molar-refractivity contribution < 1.29 is 0 Å². The van der Waals surface area contributed by atoms with Gasteiger partial charge in [-0.2, -0.15) is 9.47 Å². The Morgan fingerprint density at radius 3 is 2.92 bits per heavy atom. The minimum atomic E-state index is 0.628. The Labute approximate surface area is 73.0 Å². The molecule has 0 aromatic carbocycles. The smallest absolute Gasteiger partial charge is 0.230 e. The second-order valence-corrected chi connectivity index (χ2v) is 3.07. The lowest BCUT2D eigenvalue weighted by molar-refractivity contribution is 0.864. The normalized spacial score (nSPS) is 10.4. The summed E-state index contributed by atoms with van der Waals surface area (Å²) in [6, 6.07) is 0. The highest BCUT2D eigenvalue weighted by molar-refractivity contribution is 7.08. The highest BCUT2D eigenvalue weighted by Crippen LogP contribution is 2.10. The molecule has 0 saturated carbocycles. The van der Waals surface area contributed by atoms with Gasteiger partial charge in [-0.15, -0.1) is 0 Å². The molecule has 0 aliphatic heterocycles. The molecule has 62 valence electrons. The molecule has 0 radical (unpaired) electrons. The van der Waals surface area contributed by atoms with Crippen LogP contribution in [-0.2, 0) is 0 Å². The number of nitrogens with zero attached hydrogens (tertiary/aromatic N) is 4. The van der Waals surface area contributed by atoms with E-state index in [1.807, 2.05) is 6.92 Å². The van der Waals surface area contributed by atoms with Crippen LogP contribution in [0.3, 0.4) is 0 Å². The molecule has 2 aromatic heterocycles. The Balaban J connectivity index is 2.43. The van der Waals surface area contributed by atoms with Crippen molar-refractivity contribution in [2.24, 2.45) is 0 Å². The Morgan fingerprint density at radius 2 is 2.42 bits per heavy atom. The summed E-state index contributed by atoms with van der Waals surface area (Å²) >= 11 is 1.30. The summed E-state index contributed by atoms with van der Waals surface area (Å²) in [6.07, 6.45) is 3.29. The molecule has 0 spiro atoms. The van der Waals surface area contributed by atoms with E-state index < -0.39 is 0 Å². The molecule has 2 N–H and O–H groups in total. The van der Waals surface area contributed by atoms with Gasteiger partial charge in [-0.05, 0) is 6.92 Å². The number of nitrogens with two attached hydrogens (primary N) is 1. The molecular weight excluding hydrogens is 174 g/mol. The summed E-state index contributed by atoms with van der Waals surface area (Å²) in [5.74, 6) is 0.754. The molecule has 0 bridgehead atoms. The van der Waals surface area contributed by atoms with Crippen LogP contribution in [0.25, 0.3) is 5.13 Å². The second-order valence-electron chi connectivity index (χ2n) is 2.34. The predicted molar refractivity (Wildman–Crippen MR) is 46.2 cm³/mol. The average Bonchev–Trinajstić information content (AvgIpc) is 2.58. The van der Waals surface area contributed by atoms with Gasteiger partial charge in [-0.1, -0.05) is 0 Å². The lowest BCUT2D eigenvalue weighted by Gasteiger charge is -1.89. The quantitative estimate of drug-likeness (QED) is 0.700. The summed E-state index contributed by atoms with van der Waals surface area (Å²) in [4.78, 5) is 4.15. The van der Waals surface area contributed by atoms with E-state index in [1.54, 1.807) is 17.1 Å². The molecule has 5 nitrogen and oxygen atoms in total. The van der Waals surface area contributed by atoms with Gasteiger partial charge in [0.1, 0.15) is 5.82 Å². The fourth-order valence-corrected chi connectivity index (χ4v) is 1.43. The van der Waals surface area contributed by atoms with Crippen LogP contribution in [-0.4, -0.2) is 19.1 Å². The second kappa shape index (κ2) is 2.56. The fourth-order valence-electron chi connectivity index (χ4n) is 0.821. The van der Waals surface area contributed by atoms with E-state index in [4.69, 9.17) is 5.73 Å². The van der Waals surface area contributed by atoms with Gasteiger partial charge in [-0.3, -0.25) is 0 Å². The minimum Gasteiger partial charge on any atom is -0.396 e. The SMILES string of the molecule is Cc1nsc(-n2cc(N)cn2)n1. The van der Waals surface area contributed by atoms with E-state index in [1.165, 1.54) is 11.5 Å². The number of aryl methyl sites for hydroxylation is 1. The molecule has 0 saturated heterocycles. The average molecular weight is 181 g/mol. The van der Waals surface area contributed by atoms with Crippen molar-refractivity contribution in [3.05, 3.63) is 18.2 Å². The predicted octanol–water partition coefficient (Wildman–Crippen LogP) is 0.614. The van der Waals surface area contributed by atoms with Crippen molar-refractivity contribution in [2.75, 3.05) is 5.73 Å². The first-order valence-electron chi connectivity index (χ1n) is 3.36. The van der Waals surface area contributed by atoms with E-state index in [-0.39, 0.29) is 0 Å². The number of rotatable bonds is 1. The van der Waals surface area contributed by atoms with Crippen LogP contribution in [0.2, 0.25) is 0 Å². The number of hydrogen-bond acceptors (Lipinski definition) is 5. The van der Waals surface area contributed by atoms with Crippen LogP contribution in [0.1, 0.15) is 5.82 Å². The monoisotopic (exact) mass is 181 g/mol. The zero-order chi connectivity index (χ0) is 8.55. The van der Waals surface area contributed by atoms with Gasteiger partial charge in [0.15, 0.2) is 0 Å². The molecule has 0 aliphatic rings. The largest absolute Gasteiger partial charge is 0.396 e. The van der Waals surface area contributed by atoms with Crippen LogP contribution in [0, 0.1) is 6.92 Å². The maximum Gasteiger partial charge on any atom is 0.230 e. The van der Waals surface area contributed by atoms with Crippen LogP contribution in [0.5, 0.6) is 0 Å². The fraction of sp³-hybridized carbons (Fsp3) is 0.167. The van der Waals surface area contributed by atoms with Crippen LogP contribution < -0.4 is 5.73 Å². The van der Waals surface area contributed by atoms with Crippen molar-refractivity contribution in [2.45, 2.75) is 6.92 Å². The molecule has 2 aromatic rings. The summed E-state index contributed by atoms with van der Waals surface area (Å²) in [5, 5.41) is 4.74. The van der Waals surface area contributed by atoms with Gasteiger partial charge < -0.3 is 5.73 Å². The van der Waals surface area contributed by atoms with Gasteiger partial charge in [-0.25, -0.2) is 9.67 Å². The minimum absolute atomic E-state index is 0.628.